The van der Waals surface area contributed by atoms with Crippen molar-refractivity contribution in [3.8, 4) is 5.75 Å². The molecule has 0 saturated carbocycles. The molecule has 1 aromatic heterocycles. The molecule has 0 aliphatic carbocycles. The molecule has 2 heterocycles. The average Bonchev–Trinajstić information content (AvgIpc) is 3.18. The van der Waals surface area contributed by atoms with Gasteiger partial charge >= 0.3 is 5.97 Å². The number of carbonyl (C=O) groups excluding carboxylic acids is 2. The molecule has 8 nitrogen and oxygen atoms in total. The van der Waals surface area contributed by atoms with Gasteiger partial charge in [-0.25, -0.2) is 8.42 Å². The fourth-order valence-corrected chi connectivity index (χ4v) is 5.23. The zero-order valence-corrected chi connectivity index (χ0v) is 16.6. The van der Waals surface area contributed by atoms with E-state index in [-0.39, 0.29) is 29.7 Å². The summed E-state index contributed by atoms with van der Waals surface area (Å²) >= 11 is 0. The van der Waals surface area contributed by atoms with E-state index >= 15 is 0 Å². The zero-order chi connectivity index (χ0) is 20.5. The number of phenolic OH excluding ortho intramolecular Hbond substituents is 1. The molecule has 0 spiro atoms. The van der Waals surface area contributed by atoms with Crippen LogP contribution in [0.1, 0.15) is 25.8 Å². The molecule has 1 fully saturated rings. The summed E-state index contributed by atoms with van der Waals surface area (Å²) in [5.41, 5.74) is 1.04. The lowest BCUT2D eigenvalue weighted by Gasteiger charge is -2.29. The molecule has 1 saturated heterocycles. The topological polar surface area (TPSA) is 114 Å². The highest BCUT2D eigenvalue weighted by Crippen LogP contribution is 2.25. The van der Waals surface area contributed by atoms with Gasteiger partial charge in [-0.1, -0.05) is 0 Å². The number of benzene rings is 1. The van der Waals surface area contributed by atoms with Gasteiger partial charge in [-0.3, -0.25) is 9.59 Å². The summed E-state index contributed by atoms with van der Waals surface area (Å²) in [7, 11) is -3.12. The van der Waals surface area contributed by atoms with Crippen LogP contribution in [0.4, 0.5) is 0 Å². The first-order valence-electron chi connectivity index (χ1n) is 9.09. The van der Waals surface area contributed by atoms with E-state index in [0.29, 0.717) is 29.5 Å². The van der Waals surface area contributed by atoms with E-state index in [4.69, 9.17) is 9.15 Å². The Labute approximate surface area is 163 Å². The number of phenols is 1. The number of nitrogens with zero attached hydrogens (tertiary/aromatic N) is 1. The normalized spacial score (nSPS) is 19.4. The van der Waals surface area contributed by atoms with Crippen molar-refractivity contribution >= 4 is 32.7 Å². The molecule has 28 heavy (non-hydrogen) atoms. The van der Waals surface area contributed by atoms with Crippen molar-refractivity contribution < 1.29 is 32.3 Å². The third-order valence-corrected chi connectivity index (χ3v) is 6.65. The zero-order valence-electron chi connectivity index (χ0n) is 15.8. The van der Waals surface area contributed by atoms with Gasteiger partial charge in [-0.05, 0) is 32.4 Å². The number of esters is 1. The Morgan fingerprint density at radius 2 is 2.14 bits per heavy atom. The molecule has 1 N–H and O–H groups in total. The maximum absolute atomic E-state index is 12.7. The second kappa shape index (κ2) is 7.83. The fraction of sp³-hybridized carbons (Fsp3) is 0.474. The Kier molecular flexibility index (Phi) is 5.64. The summed E-state index contributed by atoms with van der Waals surface area (Å²) < 4.78 is 34.0. The van der Waals surface area contributed by atoms with Crippen molar-refractivity contribution in [2.45, 2.75) is 38.8 Å². The van der Waals surface area contributed by atoms with Crippen molar-refractivity contribution in [1.29, 1.82) is 0 Å². The van der Waals surface area contributed by atoms with Gasteiger partial charge in [0.05, 0.1) is 24.2 Å². The minimum Gasteiger partial charge on any atom is -0.508 e. The first-order valence-corrected chi connectivity index (χ1v) is 10.9. The standard InChI is InChI=1S/C19H23NO7S/c1-3-20(14-6-7-28(24,25)11-14)19(23)12(2)27-18(22)8-13-10-26-17-9-15(21)4-5-16(13)17/h4-5,9-10,12,14,21H,3,6-8,11H2,1-2H3/t12-,14-/m0/s1. The highest BCUT2D eigenvalue weighted by molar-refractivity contribution is 7.91. The van der Waals surface area contributed by atoms with Crippen LogP contribution in [0.5, 0.6) is 5.75 Å². The van der Waals surface area contributed by atoms with Crippen molar-refractivity contribution in [2.75, 3.05) is 18.1 Å². The number of amides is 1. The van der Waals surface area contributed by atoms with Gasteiger partial charge in [0, 0.05) is 29.6 Å². The number of rotatable bonds is 6. The van der Waals surface area contributed by atoms with Crippen LogP contribution >= 0.6 is 0 Å². The number of furan rings is 1. The first kappa shape index (κ1) is 20.2. The van der Waals surface area contributed by atoms with Crippen molar-refractivity contribution in [3.05, 3.63) is 30.0 Å². The summed E-state index contributed by atoms with van der Waals surface area (Å²) in [5, 5.41) is 10.1. The minimum absolute atomic E-state index is 0.0545. The van der Waals surface area contributed by atoms with Gasteiger partial charge < -0.3 is 19.2 Å². The molecule has 2 aromatic rings. The molecule has 152 valence electrons. The number of hydrogen-bond donors (Lipinski definition) is 1. The maximum atomic E-state index is 12.7. The number of sulfone groups is 1. The Bertz CT molecular complexity index is 995. The van der Waals surface area contributed by atoms with Crippen molar-refractivity contribution in [3.63, 3.8) is 0 Å². The lowest BCUT2D eigenvalue weighted by molar-refractivity contribution is -0.159. The molecule has 9 heteroatoms. The van der Waals surface area contributed by atoms with Crippen molar-refractivity contribution in [1.82, 2.24) is 4.90 Å². The summed E-state index contributed by atoms with van der Waals surface area (Å²) in [5.74, 6) is -0.921. The third kappa shape index (κ3) is 4.30. The van der Waals surface area contributed by atoms with Gasteiger partial charge in [0.25, 0.3) is 5.91 Å². The second-order valence-corrected chi connectivity index (χ2v) is 9.16. The molecule has 2 atom stereocenters. The molecule has 1 aliphatic rings. The van der Waals surface area contributed by atoms with E-state index in [1.54, 1.807) is 13.0 Å². The van der Waals surface area contributed by atoms with E-state index in [2.05, 4.69) is 0 Å². The minimum atomic E-state index is -3.12. The van der Waals surface area contributed by atoms with E-state index in [9.17, 15) is 23.1 Å². The molecule has 1 amide bonds. The predicted molar refractivity (Wildman–Crippen MR) is 102 cm³/mol. The summed E-state index contributed by atoms with van der Waals surface area (Å²) in [6, 6.07) is 4.21. The lowest BCUT2D eigenvalue weighted by Crippen LogP contribution is -2.46. The summed E-state index contributed by atoms with van der Waals surface area (Å²) in [4.78, 5) is 26.4. The molecule has 0 radical (unpaired) electrons. The first-order chi connectivity index (χ1) is 13.2. The van der Waals surface area contributed by atoms with Crippen LogP contribution in [0.25, 0.3) is 11.0 Å². The fourth-order valence-electron chi connectivity index (χ4n) is 3.50. The van der Waals surface area contributed by atoms with Crippen LogP contribution in [0, 0.1) is 0 Å². The Morgan fingerprint density at radius 3 is 2.79 bits per heavy atom. The van der Waals surface area contributed by atoms with Crippen molar-refractivity contribution in [2.24, 2.45) is 0 Å². The molecule has 1 aromatic carbocycles. The second-order valence-electron chi connectivity index (χ2n) is 6.93. The van der Waals surface area contributed by atoms with E-state index in [1.807, 2.05) is 0 Å². The highest BCUT2D eigenvalue weighted by Gasteiger charge is 2.36. The monoisotopic (exact) mass is 409 g/mol. The van der Waals surface area contributed by atoms with Crippen LogP contribution < -0.4 is 0 Å². The van der Waals surface area contributed by atoms with Crippen LogP contribution in [0.3, 0.4) is 0 Å². The Hall–Kier alpha value is -2.55. The molecule has 1 aliphatic heterocycles. The molecular formula is C19H23NO7S. The lowest BCUT2D eigenvalue weighted by atomic mass is 10.1. The van der Waals surface area contributed by atoms with E-state index in [0.717, 1.165) is 0 Å². The van der Waals surface area contributed by atoms with Gasteiger partial charge in [0.1, 0.15) is 11.3 Å². The third-order valence-electron chi connectivity index (χ3n) is 4.90. The highest BCUT2D eigenvalue weighted by atomic mass is 32.2. The van der Waals surface area contributed by atoms with Crippen LogP contribution in [-0.2, 0) is 30.6 Å². The van der Waals surface area contributed by atoms with Gasteiger partial charge in [-0.15, -0.1) is 0 Å². The number of likely N-dealkylation sites (N-methyl/N-ethyl adjacent to an activating group) is 1. The predicted octanol–water partition coefficient (Wildman–Crippen LogP) is 1.65. The number of ether oxygens (including phenoxy) is 1. The van der Waals surface area contributed by atoms with Gasteiger partial charge in [0.15, 0.2) is 15.9 Å². The summed E-state index contributed by atoms with van der Waals surface area (Å²) in [6.07, 6.45) is 0.716. The van der Waals surface area contributed by atoms with Crippen LogP contribution in [-0.4, -0.2) is 60.5 Å². The van der Waals surface area contributed by atoms with Gasteiger partial charge in [0.2, 0.25) is 0 Å². The van der Waals surface area contributed by atoms with Gasteiger partial charge in [-0.2, -0.15) is 0 Å². The quantitative estimate of drug-likeness (QED) is 0.722. The van der Waals surface area contributed by atoms with Crippen LogP contribution in [0.15, 0.2) is 28.9 Å². The number of carbonyl (C=O) groups is 2. The smallest absolute Gasteiger partial charge is 0.311 e. The Morgan fingerprint density at radius 1 is 1.39 bits per heavy atom. The van der Waals surface area contributed by atoms with E-state index < -0.39 is 27.8 Å². The molecule has 3 rings (SSSR count). The van der Waals surface area contributed by atoms with E-state index in [1.165, 1.54) is 30.2 Å². The number of aromatic hydroxyl groups is 1. The maximum Gasteiger partial charge on any atom is 0.311 e. The number of hydrogen-bond acceptors (Lipinski definition) is 7. The number of fused-ring (bicyclic) bond motifs is 1. The molecular weight excluding hydrogens is 386 g/mol. The molecule has 0 bridgehead atoms. The molecule has 0 unspecified atom stereocenters. The SMILES string of the molecule is CCN(C(=O)[C@H](C)OC(=O)Cc1coc2cc(O)ccc12)[C@H]1CCS(=O)(=O)C1. The average molecular weight is 409 g/mol. The largest absolute Gasteiger partial charge is 0.508 e. The Balaban J connectivity index is 1.63. The summed E-state index contributed by atoms with van der Waals surface area (Å²) in [6.45, 7) is 3.60. The van der Waals surface area contributed by atoms with Crippen LogP contribution in [0.2, 0.25) is 0 Å².